The Hall–Kier alpha value is -3.96. The van der Waals surface area contributed by atoms with Gasteiger partial charge in [0.05, 0.1) is 45.4 Å². The molecular weight excluding hydrogens is 478 g/mol. The SMILES string of the molecule is CC1=NN(c2cccc(C(F)(F)F)c2)C(=O)/C1=C\[C@@H]1C(=O)N(c2cccc(C(F)(F)F)c2)N=C1C. The van der Waals surface area contributed by atoms with E-state index >= 15 is 0 Å². The largest absolute Gasteiger partial charge is 0.416 e. The van der Waals surface area contributed by atoms with Crippen molar-refractivity contribution in [3.63, 3.8) is 0 Å². The van der Waals surface area contributed by atoms with E-state index in [1.807, 2.05) is 0 Å². The van der Waals surface area contributed by atoms with Gasteiger partial charge in [0.25, 0.3) is 11.8 Å². The Balaban J connectivity index is 1.61. The number of carbonyl (C=O) groups is 2. The van der Waals surface area contributed by atoms with E-state index in [1.165, 1.54) is 32.1 Å². The van der Waals surface area contributed by atoms with Crippen LogP contribution in [0.2, 0.25) is 0 Å². The standard InChI is InChI=1S/C23H16F6N4O2/c1-12-18(20(34)32(30-12)16-7-3-5-14(9-16)22(24,25)26)11-19-13(2)31-33(21(19)35)17-8-4-6-15(10-17)23(27,28)29/h3-11,18H,1-2H3/b19-11-/t18-/m0/s1. The molecule has 6 nitrogen and oxygen atoms in total. The molecule has 0 unspecified atom stereocenters. The highest BCUT2D eigenvalue weighted by Gasteiger charge is 2.38. The summed E-state index contributed by atoms with van der Waals surface area (Å²) in [5.41, 5.74) is -1.77. The van der Waals surface area contributed by atoms with Crippen LogP contribution in [0, 0.1) is 5.92 Å². The third-order valence-electron chi connectivity index (χ3n) is 5.41. The first kappa shape index (κ1) is 24.2. The Morgan fingerprint density at radius 2 is 1.31 bits per heavy atom. The maximum Gasteiger partial charge on any atom is 0.416 e. The van der Waals surface area contributed by atoms with Crippen molar-refractivity contribution in [3.8, 4) is 0 Å². The van der Waals surface area contributed by atoms with Crippen LogP contribution in [0.1, 0.15) is 25.0 Å². The zero-order valence-electron chi connectivity index (χ0n) is 18.1. The van der Waals surface area contributed by atoms with Crippen LogP contribution in [-0.2, 0) is 21.9 Å². The van der Waals surface area contributed by atoms with E-state index in [2.05, 4.69) is 10.2 Å². The van der Waals surface area contributed by atoms with E-state index in [-0.39, 0.29) is 28.4 Å². The van der Waals surface area contributed by atoms with Crippen molar-refractivity contribution in [2.24, 2.45) is 16.1 Å². The molecule has 2 aromatic carbocycles. The third-order valence-corrected chi connectivity index (χ3v) is 5.41. The molecule has 0 fully saturated rings. The molecule has 0 saturated carbocycles. The summed E-state index contributed by atoms with van der Waals surface area (Å²) in [4.78, 5) is 25.9. The number of rotatable bonds is 3. The molecule has 0 saturated heterocycles. The Morgan fingerprint density at radius 1 is 0.800 bits per heavy atom. The second kappa shape index (κ2) is 8.36. The predicted molar refractivity (Wildman–Crippen MR) is 116 cm³/mol. The molecule has 35 heavy (non-hydrogen) atoms. The van der Waals surface area contributed by atoms with Crippen LogP contribution in [0.5, 0.6) is 0 Å². The smallest absolute Gasteiger partial charge is 0.271 e. The molecule has 2 amide bonds. The highest BCUT2D eigenvalue weighted by molar-refractivity contribution is 6.30. The fourth-order valence-corrected chi connectivity index (χ4v) is 3.64. The second-order valence-corrected chi connectivity index (χ2v) is 7.85. The summed E-state index contributed by atoms with van der Waals surface area (Å²) in [6.45, 7) is 2.93. The van der Waals surface area contributed by atoms with Crippen molar-refractivity contribution in [2.45, 2.75) is 26.2 Å². The maximum atomic E-state index is 13.1. The maximum absolute atomic E-state index is 13.1. The van der Waals surface area contributed by atoms with Gasteiger partial charge in [0.15, 0.2) is 0 Å². The number of anilines is 2. The van der Waals surface area contributed by atoms with Crippen molar-refractivity contribution in [2.75, 3.05) is 10.0 Å². The Kier molecular flexibility index (Phi) is 5.78. The van der Waals surface area contributed by atoms with E-state index < -0.39 is 41.2 Å². The molecule has 12 heteroatoms. The number of amides is 2. The molecule has 0 N–H and O–H groups in total. The summed E-state index contributed by atoms with van der Waals surface area (Å²) in [6.07, 6.45) is -7.97. The fraction of sp³-hybridized carbons (Fsp3) is 0.217. The van der Waals surface area contributed by atoms with Crippen LogP contribution in [0.3, 0.4) is 0 Å². The van der Waals surface area contributed by atoms with Crippen molar-refractivity contribution in [1.29, 1.82) is 0 Å². The second-order valence-electron chi connectivity index (χ2n) is 7.85. The topological polar surface area (TPSA) is 65.3 Å². The summed E-state index contributed by atoms with van der Waals surface area (Å²) in [7, 11) is 0. The third kappa shape index (κ3) is 4.55. The summed E-state index contributed by atoms with van der Waals surface area (Å²) < 4.78 is 78.4. The number of carbonyl (C=O) groups excluding carboxylic acids is 2. The summed E-state index contributed by atoms with van der Waals surface area (Å²) >= 11 is 0. The Labute approximate surface area is 194 Å². The van der Waals surface area contributed by atoms with E-state index in [1.54, 1.807) is 0 Å². The lowest BCUT2D eigenvalue weighted by molar-refractivity contribution is -0.138. The number of hydrazone groups is 2. The van der Waals surface area contributed by atoms with Gasteiger partial charge in [0.2, 0.25) is 0 Å². The van der Waals surface area contributed by atoms with E-state index in [0.717, 1.165) is 46.4 Å². The average molecular weight is 494 g/mol. The summed E-state index contributed by atoms with van der Waals surface area (Å²) in [5.74, 6) is -2.51. The normalized spacial score (nSPS) is 20.1. The van der Waals surface area contributed by atoms with Gasteiger partial charge in [-0.25, -0.2) is 0 Å². The van der Waals surface area contributed by atoms with Crippen LogP contribution in [0.15, 0.2) is 70.4 Å². The van der Waals surface area contributed by atoms with Crippen LogP contribution in [0.25, 0.3) is 0 Å². The lowest BCUT2D eigenvalue weighted by atomic mass is 9.98. The van der Waals surface area contributed by atoms with Gasteiger partial charge in [-0.15, -0.1) is 0 Å². The number of hydrogen-bond donors (Lipinski definition) is 0. The van der Waals surface area contributed by atoms with Gasteiger partial charge in [-0.1, -0.05) is 18.2 Å². The van der Waals surface area contributed by atoms with Gasteiger partial charge in [0, 0.05) is 0 Å². The van der Waals surface area contributed by atoms with E-state index in [9.17, 15) is 35.9 Å². The Morgan fingerprint density at radius 3 is 1.83 bits per heavy atom. The number of alkyl halides is 6. The van der Waals surface area contributed by atoms with Gasteiger partial charge < -0.3 is 0 Å². The molecule has 182 valence electrons. The van der Waals surface area contributed by atoms with Gasteiger partial charge in [0.1, 0.15) is 0 Å². The molecular formula is C23H16F6N4O2. The highest BCUT2D eigenvalue weighted by atomic mass is 19.4. The molecule has 0 aliphatic carbocycles. The number of halogens is 6. The van der Waals surface area contributed by atoms with Crippen molar-refractivity contribution >= 4 is 34.6 Å². The minimum atomic E-state index is -4.62. The van der Waals surface area contributed by atoms with Crippen LogP contribution in [-0.4, -0.2) is 23.2 Å². The lowest BCUT2D eigenvalue weighted by Crippen LogP contribution is -2.28. The molecule has 2 heterocycles. The molecule has 2 aromatic rings. The monoisotopic (exact) mass is 494 g/mol. The van der Waals surface area contributed by atoms with Crippen molar-refractivity contribution in [1.82, 2.24) is 0 Å². The minimum absolute atomic E-state index is 0.0267. The molecule has 0 radical (unpaired) electrons. The first-order chi connectivity index (χ1) is 16.3. The zero-order chi connectivity index (χ0) is 25.7. The first-order valence-corrected chi connectivity index (χ1v) is 10.1. The molecule has 2 aliphatic rings. The molecule has 0 bridgehead atoms. The zero-order valence-corrected chi connectivity index (χ0v) is 18.1. The summed E-state index contributed by atoms with van der Waals surface area (Å²) in [5, 5.41) is 9.70. The molecule has 4 rings (SSSR count). The molecule has 0 aromatic heterocycles. The average Bonchev–Trinajstić information content (AvgIpc) is 3.23. The van der Waals surface area contributed by atoms with Gasteiger partial charge in [-0.05, 0) is 50.2 Å². The van der Waals surface area contributed by atoms with E-state index in [0.29, 0.717) is 0 Å². The minimum Gasteiger partial charge on any atom is -0.271 e. The number of nitrogens with zero attached hydrogens (tertiary/aromatic N) is 4. The van der Waals surface area contributed by atoms with Crippen LogP contribution < -0.4 is 10.0 Å². The van der Waals surface area contributed by atoms with E-state index in [4.69, 9.17) is 0 Å². The van der Waals surface area contributed by atoms with Gasteiger partial charge in [-0.3, -0.25) is 9.59 Å². The first-order valence-electron chi connectivity index (χ1n) is 10.1. The van der Waals surface area contributed by atoms with Gasteiger partial charge in [-0.2, -0.15) is 46.6 Å². The molecule has 0 spiro atoms. The lowest BCUT2D eigenvalue weighted by Gasteiger charge is -2.16. The van der Waals surface area contributed by atoms with Crippen molar-refractivity contribution < 1.29 is 35.9 Å². The highest BCUT2D eigenvalue weighted by Crippen LogP contribution is 2.35. The summed E-state index contributed by atoms with van der Waals surface area (Å²) in [6, 6.07) is 8.15. The molecule has 2 aliphatic heterocycles. The van der Waals surface area contributed by atoms with Crippen molar-refractivity contribution in [3.05, 3.63) is 71.3 Å². The number of benzene rings is 2. The predicted octanol–water partition coefficient (Wildman–Crippen LogP) is 5.41. The van der Waals surface area contributed by atoms with Crippen LogP contribution in [0.4, 0.5) is 37.7 Å². The fourth-order valence-electron chi connectivity index (χ4n) is 3.64. The quantitative estimate of drug-likeness (QED) is 0.423. The Bertz CT molecular complexity index is 1310. The molecule has 1 atom stereocenters. The number of hydrogen-bond acceptors (Lipinski definition) is 4. The van der Waals surface area contributed by atoms with Gasteiger partial charge >= 0.3 is 12.4 Å². The van der Waals surface area contributed by atoms with Crippen LogP contribution >= 0.6 is 0 Å².